The van der Waals surface area contributed by atoms with Crippen LogP contribution in [0, 0.1) is 6.92 Å². The third-order valence-electron chi connectivity index (χ3n) is 5.36. The lowest BCUT2D eigenvalue weighted by Crippen LogP contribution is -2.44. The van der Waals surface area contributed by atoms with Crippen molar-refractivity contribution in [1.82, 2.24) is 30.0 Å². The van der Waals surface area contributed by atoms with E-state index >= 15 is 0 Å². The molecule has 4 heterocycles. The lowest BCUT2D eigenvalue weighted by molar-refractivity contribution is 0.137. The highest BCUT2D eigenvalue weighted by Crippen LogP contribution is 2.31. The molecule has 0 bridgehead atoms. The monoisotopic (exact) mass is 424 g/mol. The number of rotatable bonds is 8. The fraction of sp³-hybridized carbons (Fsp3) is 0.545. The molecule has 0 aliphatic carbocycles. The Morgan fingerprint density at radius 2 is 2.00 bits per heavy atom. The summed E-state index contributed by atoms with van der Waals surface area (Å²) in [5, 5.41) is 11.7. The van der Waals surface area contributed by atoms with Crippen molar-refractivity contribution in [3.63, 3.8) is 0 Å². The Kier molecular flexibility index (Phi) is 6.62. The first-order valence-electron chi connectivity index (χ1n) is 11.1. The Morgan fingerprint density at radius 1 is 1.19 bits per heavy atom. The minimum absolute atomic E-state index is 0.243. The number of aryl methyl sites for hydroxylation is 1. The van der Waals surface area contributed by atoms with Gasteiger partial charge in [-0.25, -0.2) is 9.97 Å². The fourth-order valence-electron chi connectivity index (χ4n) is 3.70. The van der Waals surface area contributed by atoms with E-state index in [2.05, 4.69) is 34.4 Å². The zero-order valence-electron chi connectivity index (χ0n) is 18.9. The zero-order valence-corrected chi connectivity index (χ0v) is 18.9. The second-order valence-electron chi connectivity index (χ2n) is 8.11. The Morgan fingerprint density at radius 3 is 2.68 bits per heavy atom. The highest BCUT2D eigenvalue weighted by atomic mass is 16.5. The molecule has 9 heteroatoms. The summed E-state index contributed by atoms with van der Waals surface area (Å²) in [6.45, 7) is 13.8. The lowest BCUT2D eigenvalue weighted by Gasteiger charge is -2.27. The van der Waals surface area contributed by atoms with E-state index in [4.69, 9.17) is 19.8 Å². The maximum atomic E-state index is 5.60. The molecular formula is C22H32N8O. The Bertz CT molecular complexity index is 1010. The number of fused-ring (bicyclic) bond motifs is 1. The molecule has 9 nitrogen and oxygen atoms in total. The number of piperazine rings is 1. The summed E-state index contributed by atoms with van der Waals surface area (Å²) in [4.78, 5) is 16.7. The van der Waals surface area contributed by atoms with Crippen LogP contribution in [0.5, 0.6) is 0 Å². The van der Waals surface area contributed by atoms with Gasteiger partial charge in [-0.3, -0.25) is 4.68 Å². The van der Waals surface area contributed by atoms with Crippen molar-refractivity contribution in [2.45, 2.75) is 40.2 Å². The smallest absolute Gasteiger partial charge is 0.228 e. The Labute approximate surface area is 183 Å². The predicted octanol–water partition coefficient (Wildman–Crippen LogP) is 2.84. The number of nitrogens with zero attached hydrogens (tertiary/aromatic N) is 6. The van der Waals surface area contributed by atoms with Gasteiger partial charge in [-0.15, -0.1) is 0 Å². The summed E-state index contributed by atoms with van der Waals surface area (Å²) in [5.74, 6) is 2.45. The van der Waals surface area contributed by atoms with Crippen LogP contribution in [0.1, 0.15) is 37.9 Å². The van der Waals surface area contributed by atoms with Crippen molar-refractivity contribution in [2.24, 2.45) is 0 Å². The van der Waals surface area contributed by atoms with Crippen LogP contribution in [-0.2, 0) is 11.3 Å². The molecule has 2 N–H and O–H groups in total. The molecule has 31 heavy (non-hydrogen) atoms. The molecule has 0 unspecified atom stereocenters. The summed E-state index contributed by atoms with van der Waals surface area (Å²) in [7, 11) is 0. The molecular weight excluding hydrogens is 392 g/mol. The van der Waals surface area contributed by atoms with Gasteiger partial charge in [-0.1, -0.05) is 19.9 Å². The van der Waals surface area contributed by atoms with Crippen LogP contribution in [0.25, 0.3) is 11.0 Å². The average Bonchev–Trinajstić information content (AvgIpc) is 3.15. The summed E-state index contributed by atoms with van der Waals surface area (Å²) in [5.41, 5.74) is 3.88. The molecule has 0 spiro atoms. The summed E-state index contributed by atoms with van der Waals surface area (Å²) >= 11 is 0. The number of pyridine rings is 1. The number of anilines is 3. The van der Waals surface area contributed by atoms with Crippen LogP contribution in [0.2, 0.25) is 0 Å². The first-order chi connectivity index (χ1) is 15.1. The summed E-state index contributed by atoms with van der Waals surface area (Å²) in [6.07, 6.45) is 1.85. The fourth-order valence-corrected chi connectivity index (χ4v) is 3.70. The Hall–Kier alpha value is -2.78. The van der Waals surface area contributed by atoms with Gasteiger partial charge in [-0.2, -0.15) is 10.1 Å². The van der Waals surface area contributed by atoms with Gasteiger partial charge >= 0.3 is 0 Å². The van der Waals surface area contributed by atoms with Crippen LogP contribution >= 0.6 is 0 Å². The summed E-state index contributed by atoms with van der Waals surface area (Å²) in [6, 6.07) is 4.01. The normalized spacial score (nSPS) is 14.5. The molecule has 1 fully saturated rings. The first kappa shape index (κ1) is 21.5. The van der Waals surface area contributed by atoms with Gasteiger partial charge in [0.2, 0.25) is 5.95 Å². The van der Waals surface area contributed by atoms with Crippen LogP contribution in [0.4, 0.5) is 17.6 Å². The van der Waals surface area contributed by atoms with Crippen molar-refractivity contribution in [2.75, 3.05) is 49.6 Å². The van der Waals surface area contributed by atoms with Crippen molar-refractivity contribution < 1.29 is 4.74 Å². The number of nitrogens with one attached hydrogen (secondary N) is 2. The van der Waals surface area contributed by atoms with Gasteiger partial charge in [0.25, 0.3) is 0 Å². The molecule has 1 aliphatic heterocycles. The standard InChI is InChI=1S/C22H32N8O/c1-5-31-13-12-30-20-19(18(28-30)15(2)3)26-22(29-10-8-23-9-11-29)27-21(20)25-17-7-6-16(4)14-24-17/h6-7,14-15,23H,5,8-13H2,1-4H3,(H,24,25,26,27). The molecule has 0 saturated carbocycles. The van der Waals surface area contributed by atoms with Crippen LogP contribution in [0.15, 0.2) is 18.3 Å². The van der Waals surface area contributed by atoms with E-state index in [9.17, 15) is 0 Å². The topological polar surface area (TPSA) is 93.0 Å². The minimum atomic E-state index is 0.243. The van der Waals surface area contributed by atoms with E-state index in [1.165, 1.54) is 0 Å². The van der Waals surface area contributed by atoms with Crippen molar-refractivity contribution in [3.05, 3.63) is 29.6 Å². The van der Waals surface area contributed by atoms with E-state index < -0.39 is 0 Å². The highest BCUT2D eigenvalue weighted by Gasteiger charge is 2.23. The van der Waals surface area contributed by atoms with Crippen molar-refractivity contribution in [1.29, 1.82) is 0 Å². The molecule has 0 aromatic carbocycles. The molecule has 166 valence electrons. The van der Waals surface area contributed by atoms with Crippen LogP contribution in [-0.4, -0.2) is 64.1 Å². The molecule has 0 atom stereocenters. The largest absolute Gasteiger partial charge is 0.380 e. The van der Waals surface area contributed by atoms with E-state index in [0.717, 1.165) is 66.1 Å². The average molecular weight is 425 g/mol. The minimum Gasteiger partial charge on any atom is -0.380 e. The van der Waals surface area contributed by atoms with Gasteiger partial charge in [0.15, 0.2) is 5.82 Å². The molecule has 1 aliphatic rings. The molecule has 3 aromatic heterocycles. The first-order valence-corrected chi connectivity index (χ1v) is 11.1. The van der Waals surface area contributed by atoms with E-state index in [-0.39, 0.29) is 5.92 Å². The number of hydrogen-bond acceptors (Lipinski definition) is 8. The number of hydrogen-bond donors (Lipinski definition) is 2. The third kappa shape index (κ3) is 4.77. The quantitative estimate of drug-likeness (QED) is 0.533. The number of aromatic nitrogens is 5. The molecule has 0 radical (unpaired) electrons. The van der Waals surface area contributed by atoms with Gasteiger partial charge < -0.3 is 20.3 Å². The molecule has 3 aromatic rings. The predicted molar refractivity (Wildman–Crippen MR) is 123 cm³/mol. The van der Waals surface area contributed by atoms with E-state index in [0.29, 0.717) is 19.8 Å². The lowest BCUT2D eigenvalue weighted by atomic mass is 10.1. The van der Waals surface area contributed by atoms with Gasteiger partial charge in [-0.05, 0) is 31.4 Å². The van der Waals surface area contributed by atoms with Gasteiger partial charge in [0, 0.05) is 39.0 Å². The Balaban J connectivity index is 1.83. The summed E-state index contributed by atoms with van der Waals surface area (Å²) < 4.78 is 7.57. The molecule has 1 saturated heterocycles. The SMILES string of the molecule is CCOCCn1nc(C(C)C)c2nc(N3CCNCC3)nc(Nc3ccc(C)cn3)c21. The van der Waals surface area contributed by atoms with Crippen molar-refractivity contribution in [3.8, 4) is 0 Å². The second kappa shape index (κ2) is 9.57. The van der Waals surface area contributed by atoms with E-state index in [1.54, 1.807) is 0 Å². The third-order valence-corrected chi connectivity index (χ3v) is 5.36. The van der Waals surface area contributed by atoms with Gasteiger partial charge in [0.1, 0.15) is 16.9 Å². The van der Waals surface area contributed by atoms with Crippen molar-refractivity contribution >= 4 is 28.6 Å². The van der Waals surface area contributed by atoms with Crippen LogP contribution < -0.4 is 15.5 Å². The molecule has 0 amide bonds. The number of ether oxygens (including phenoxy) is 1. The van der Waals surface area contributed by atoms with Gasteiger partial charge in [0.05, 0.1) is 18.8 Å². The maximum absolute atomic E-state index is 5.60. The molecule has 4 rings (SSSR count). The van der Waals surface area contributed by atoms with Crippen LogP contribution in [0.3, 0.4) is 0 Å². The highest BCUT2D eigenvalue weighted by molar-refractivity contribution is 5.90. The second-order valence-corrected chi connectivity index (χ2v) is 8.11. The maximum Gasteiger partial charge on any atom is 0.228 e. The van der Waals surface area contributed by atoms with E-state index in [1.807, 2.05) is 36.9 Å². The zero-order chi connectivity index (χ0) is 21.8.